The van der Waals surface area contributed by atoms with E-state index in [1.165, 1.54) is 12.2 Å². The molecule has 0 aromatic heterocycles. The molecule has 29 heavy (non-hydrogen) atoms. The number of hydrogen-bond donors (Lipinski definition) is 2. The predicted octanol–water partition coefficient (Wildman–Crippen LogP) is 3.46. The molecule has 0 saturated carbocycles. The fourth-order valence-corrected chi connectivity index (χ4v) is 3.18. The quantitative estimate of drug-likeness (QED) is 0.108. The van der Waals surface area contributed by atoms with Gasteiger partial charge in [-0.2, -0.15) is 0 Å². The van der Waals surface area contributed by atoms with Crippen LogP contribution < -0.4 is 0 Å². The zero-order valence-corrected chi connectivity index (χ0v) is 17.4. The van der Waals surface area contributed by atoms with E-state index in [1.54, 1.807) is 0 Å². The number of aliphatic hydroxyl groups excluding tert-OH is 2. The first-order valence-electron chi connectivity index (χ1n) is 10.6. The lowest BCUT2D eigenvalue weighted by atomic mass is 9.99. The van der Waals surface area contributed by atoms with Crippen molar-refractivity contribution in [2.45, 2.75) is 108 Å². The van der Waals surface area contributed by atoms with Gasteiger partial charge in [-0.25, -0.2) is 0 Å². The van der Waals surface area contributed by atoms with Gasteiger partial charge < -0.3 is 15.0 Å². The monoisotopic (exact) mass is 416 g/mol. The van der Waals surface area contributed by atoms with E-state index < -0.39 is 34.1 Å². The van der Waals surface area contributed by atoms with E-state index in [2.05, 4.69) is 0 Å². The zero-order chi connectivity index (χ0) is 22.1. The summed E-state index contributed by atoms with van der Waals surface area (Å²) in [6.45, 7) is 2.01. The van der Waals surface area contributed by atoms with E-state index in [4.69, 9.17) is 0 Å². The molecule has 0 aliphatic heterocycles. The maximum Gasteiger partial charge on any atom is 0.241 e. The molecule has 0 heterocycles. The largest absolute Gasteiger partial charge is 0.386 e. The molecule has 0 fully saturated rings. The normalized spacial score (nSPS) is 15.7. The Hall–Kier alpha value is -1.87. The van der Waals surface area contributed by atoms with Crippen molar-refractivity contribution in [2.24, 2.45) is 0 Å². The predicted molar refractivity (Wildman–Crippen MR) is 110 cm³/mol. The van der Waals surface area contributed by atoms with Crippen molar-refractivity contribution in [3.63, 3.8) is 0 Å². The minimum Gasteiger partial charge on any atom is -0.386 e. The molecule has 0 rings (SSSR count). The molecule has 168 valence electrons. The van der Waals surface area contributed by atoms with Crippen molar-refractivity contribution in [1.82, 2.24) is 0 Å². The number of aldehydes is 1. The summed E-state index contributed by atoms with van der Waals surface area (Å²) >= 11 is 0. The smallest absolute Gasteiger partial charge is 0.241 e. The average molecular weight is 417 g/mol. The summed E-state index contributed by atoms with van der Waals surface area (Å²) in [5.41, 5.74) is 0. The third-order valence-corrected chi connectivity index (χ3v) is 5.03. The molecule has 0 aromatic carbocycles. The van der Waals surface area contributed by atoms with Crippen LogP contribution in [0.1, 0.15) is 84.0 Å². The molecule has 9 nitrogen and oxygen atoms in total. The Kier molecular flexibility index (Phi) is 15.9. The van der Waals surface area contributed by atoms with Crippen LogP contribution in [0.3, 0.4) is 0 Å². The van der Waals surface area contributed by atoms with Crippen LogP contribution in [0.4, 0.5) is 0 Å². The number of hydrogen-bond acceptors (Lipinski definition) is 7. The highest BCUT2D eigenvalue weighted by atomic mass is 16.6. The van der Waals surface area contributed by atoms with E-state index in [9.17, 15) is 35.2 Å². The van der Waals surface area contributed by atoms with Gasteiger partial charge >= 0.3 is 0 Å². The Bertz CT molecular complexity index is 499. The molecule has 9 heteroatoms. The average Bonchev–Trinajstić information content (AvgIpc) is 2.66. The van der Waals surface area contributed by atoms with Gasteiger partial charge in [-0.1, -0.05) is 51.2 Å². The van der Waals surface area contributed by atoms with Crippen molar-refractivity contribution in [3.05, 3.63) is 32.4 Å². The summed E-state index contributed by atoms with van der Waals surface area (Å²) in [5.74, 6) is 0. The first-order chi connectivity index (χ1) is 13.8. The Labute approximate surface area is 172 Å². The van der Waals surface area contributed by atoms with Crippen LogP contribution in [0, 0.1) is 20.2 Å². The van der Waals surface area contributed by atoms with Crippen molar-refractivity contribution in [3.8, 4) is 0 Å². The van der Waals surface area contributed by atoms with Gasteiger partial charge in [-0.05, 0) is 25.7 Å². The standard InChI is InChI=1S/C20H36N2O7/c1-2-3-7-14-19(24)18(22(28)29)13-9-10-15-20(25)17(21(26)27)12-8-5-4-6-11-16-23/h9-10,16-20,24-25H,2-8,11-15H2,1H3/b10-9-. The number of carbonyl (C=O) groups excluding carboxylic acids is 1. The molecule has 4 atom stereocenters. The van der Waals surface area contributed by atoms with Gasteiger partial charge in [0.05, 0.1) is 0 Å². The summed E-state index contributed by atoms with van der Waals surface area (Å²) in [4.78, 5) is 31.6. The van der Waals surface area contributed by atoms with Crippen LogP contribution in [0.2, 0.25) is 0 Å². The number of carbonyl (C=O) groups is 1. The molecule has 0 amide bonds. The highest BCUT2D eigenvalue weighted by molar-refractivity contribution is 5.48. The second-order valence-electron chi connectivity index (χ2n) is 7.44. The van der Waals surface area contributed by atoms with Gasteiger partial charge in [-0.3, -0.25) is 20.2 Å². The zero-order valence-electron chi connectivity index (χ0n) is 17.4. The number of rotatable bonds is 19. The second kappa shape index (κ2) is 17.0. The number of aliphatic hydroxyl groups is 2. The van der Waals surface area contributed by atoms with Crippen molar-refractivity contribution in [2.75, 3.05) is 0 Å². The maximum atomic E-state index is 11.2. The van der Waals surface area contributed by atoms with Crippen LogP contribution >= 0.6 is 0 Å². The van der Waals surface area contributed by atoms with Gasteiger partial charge in [0, 0.05) is 29.1 Å². The van der Waals surface area contributed by atoms with Crippen LogP contribution in [0.5, 0.6) is 0 Å². The van der Waals surface area contributed by atoms with Crippen molar-refractivity contribution >= 4 is 6.29 Å². The Balaban J connectivity index is 4.42. The molecule has 0 aliphatic rings. The lowest BCUT2D eigenvalue weighted by Crippen LogP contribution is -2.34. The molecule has 2 N–H and O–H groups in total. The topological polar surface area (TPSA) is 144 Å². The third-order valence-electron chi connectivity index (χ3n) is 5.03. The van der Waals surface area contributed by atoms with Gasteiger partial charge in [0.15, 0.2) is 0 Å². The first kappa shape index (κ1) is 27.1. The van der Waals surface area contributed by atoms with Crippen LogP contribution in [0.25, 0.3) is 0 Å². The molecule has 0 radical (unpaired) electrons. The lowest BCUT2D eigenvalue weighted by molar-refractivity contribution is -0.535. The molecule has 0 saturated heterocycles. The summed E-state index contributed by atoms with van der Waals surface area (Å²) in [6.07, 6.45) is 8.38. The van der Waals surface area contributed by atoms with E-state index >= 15 is 0 Å². The maximum absolute atomic E-state index is 11.2. The third kappa shape index (κ3) is 13.1. The van der Waals surface area contributed by atoms with Crippen LogP contribution in [-0.4, -0.2) is 50.6 Å². The summed E-state index contributed by atoms with van der Waals surface area (Å²) in [6, 6.07) is -2.20. The fraction of sp³-hybridized carbons (Fsp3) is 0.850. The molecule has 0 aromatic rings. The highest BCUT2D eigenvalue weighted by Crippen LogP contribution is 2.16. The summed E-state index contributed by atoms with van der Waals surface area (Å²) in [7, 11) is 0. The van der Waals surface area contributed by atoms with Gasteiger partial charge in [0.25, 0.3) is 0 Å². The van der Waals surface area contributed by atoms with Crippen molar-refractivity contribution in [1.29, 1.82) is 0 Å². The molecule has 0 bridgehead atoms. The van der Waals surface area contributed by atoms with Crippen LogP contribution in [-0.2, 0) is 4.79 Å². The van der Waals surface area contributed by atoms with Gasteiger partial charge in [-0.15, -0.1) is 0 Å². The van der Waals surface area contributed by atoms with E-state index in [0.29, 0.717) is 19.3 Å². The molecular weight excluding hydrogens is 380 g/mol. The van der Waals surface area contributed by atoms with Crippen molar-refractivity contribution < 1.29 is 24.9 Å². The summed E-state index contributed by atoms with van der Waals surface area (Å²) in [5, 5.41) is 42.5. The molecule has 0 spiro atoms. The molecule has 4 unspecified atom stereocenters. The van der Waals surface area contributed by atoms with E-state index in [1.807, 2.05) is 6.92 Å². The van der Waals surface area contributed by atoms with Crippen LogP contribution in [0.15, 0.2) is 12.2 Å². The minimum absolute atomic E-state index is 0.0207. The first-order valence-corrected chi connectivity index (χ1v) is 10.6. The minimum atomic E-state index is -1.17. The fourth-order valence-electron chi connectivity index (χ4n) is 3.18. The number of nitrogens with zero attached hydrogens (tertiary/aromatic N) is 2. The highest BCUT2D eigenvalue weighted by Gasteiger charge is 2.29. The van der Waals surface area contributed by atoms with Gasteiger partial charge in [0.2, 0.25) is 12.1 Å². The SMILES string of the molecule is CCCCCC(O)C(C/C=C\CC(O)C(CCCCCCC=O)[N+](=O)[O-])[N+](=O)[O-]. The Morgan fingerprint density at radius 3 is 1.97 bits per heavy atom. The Morgan fingerprint density at radius 1 is 0.793 bits per heavy atom. The number of nitro groups is 2. The number of unbranched alkanes of at least 4 members (excludes halogenated alkanes) is 6. The van der Waals surface area contributed by atoms with E-state index in [0.717, 1.165) is 44.8 Å². The lowest BCUT2D eigenvalue weighted by Gasteiger charge is -2.15. The molecule has 0 aliphatic carbocycles. The summed E-state index contributed by atoms with van der Waals surface area (Å²) < 4.78 is 0. The molecular formula is C20H36N2O7. The second-order valence-corrected chi connectivity index (χ2v) is 7.44. The van der Waals surface area contributed by atoms with E-state index in [-0.39, 0.29) is 19.3 Å². The Morgan fingerprint density at radius 2 is 1.38 bits per heavy atom. The van der Waals surface area contributed by atoms with Gasteiger partial charge in [0.1, 0.15) is 18.5 Å².